The number of hydrogen-bond acceptors (Lipinski definition) is 4. The first-order valence-corrected chi connectivity index (χ1v) is 9.20. The van der Waals surface area contributed by atoms with E-state index in [1.54, 1.807) is 0 Å². The maximum absolute atomic E-state index is 5.87. The van der Waals surface area contributed by atoms with E-state index in [4.69, 9.17) is 4.74 Å². The zero-order valence-electron chi connectivity index (χ0n) is 13.4. The predicted octanol–water partition coefficient (Wildman–Crippen LogP) is 2.29. The van der Waals surface area contributed by atoms with Gasteiger partial charge in [-0.25, -0.2) is 0 Å². The molecule has 0 spiro atoms. The molecule has 0 amide bonds. The van der Waals surface area contributed by atoms with Crippen LogP contribution >= 0.6 is 28.3 Å². The molecule has 1 N–H and O–H groups in total. The summed E-state index contributed by atoms with van der Waals surface area (Å²) >= 11 is 3.65. The highest BCUT2D eigenvalue weighted by Gasteiger charge is 2.29. The third kappa shape index (κ3) is 3.85. The Morgan fingerprint density at radius 3 is 2.87 bits per heavy atom. The molecule has 1 aromatic carbocycles. The molecule has 0 saturated carbocycles. The zero-order valence-corrected chi connectivity index (χ0v) is 15.8. The molecule has 2 fully saturated rings. The van der Waals surface area contributed by atoms with Crippen LogP contribution in [0.4, 0.5) is 0 Å². The lowest BCUT2D eigenvalue weighted by molar-refractivity contribution is 0.170. The number of benzene rings is 1. The van der Waals surface area contributed by atoms with Crippen LogP contribution in [0.15, 0.2) is 16.6 Å². The summed E-state index contributed by atoms with van der Waals surface area (Å²) < 4.78 is 7.06. The first-order chi connectivity index (χ1) is 10.8. The SMILES string of the molecule is Brc1cc2c(c(CN3CCC(N4CCNCC4)C3)c1)OCC2.Cl. The smallest absolute Gasteiger partial charge is 0.127 e. The summed E-state index contributed by atoms with van der Waals surface area (Å²) in [4.78, 5) is 5.26. The molecule has 0 radical (unpaired) electrons. The van der Waals surface area contributed by atoms with E-state index in [1.165, 1.54) is 48.2 Å². The number of piperazine rings is 1. The number of likely N-dealkylation sites (tertiary alicyclic amines) is 1. The lowest BCUT2D eigenvalue weighted by Gasteiger charge is -2.32. The van der Waals surface area contributed by atoms with Crippen LogP contribution in [0.5, 0.6) is 5.75 Å². The van der Waals surface area contributed by atoms with Crippen molar-refractivity contribution in [3.63, 3.8) is 0 Å². The summed E-state index contributed by atoms with van der Waals surface area (Å²) in [5, 5.41) is 3.45. The van der Waals surface area contributed by atoms with Crippen molar-refractivity contribution in [2.24, 2.45) is 0 Å². The topological polar surface area (TPSA) is 27.7 Å². The highest BCUT2D eigenvalue weighted by molar-refractivity contribution is 9.10. The summed E-state index contributed by atoms with van der Waals surface area (Å²) in [5.74, 6) is 1.15. The molecule has 3 aliphatic heterocycles. The Labute approximate surface area is 153 Å². The van der Waals surface area contributed by atoms with Gasteiger partial charge in [0.05, 0.1) is 6.61 Å². The second-order valence-electron chi connectivity index (χ2n) is 6.62. The van der Waals surface area contributed by atoms with Gasteiger partial charge in [0.1, 0.15) is 5.75 Å². The van der Waals surface area contributed by atoms with Gasteiger partial charge in [0, 0.05) is 68.3 Å². The van der Waals surface area contributed by atoms with Gasteiger partial charge in [-0.3, -0.25) is 9.80 Å². The van der Waals surface area contributed by atoms with E-state index in [-0.39, 0.29) is 12.4 Å². The van der Waals surface area contributed by atoms with E-state index in [0.29, 0.717) is 0 Å². The van der Waals surface area contributed by atoms with E-state index < -0.39 is 0 Å². The summed E-state index contributed by atoms with van der Waals surface area (Å²) in [6, 6.07) is 5.19. The van der Waals surface area contributed by atoms with Crippen molar-refractivity contribution < 1.29 is 4.74 Å². The quantitative estimate of drug-likeness (QED) is 0.839. The maximum atomic E-state index is 5.87. The van der Waals surface area contributed by atoms with Gasteiger partial charge in [-0.15, -0.1) is 12.4 Å². The van der Waals surface area contributed by atoms with Crippen molar-refractivity contribution in [3.8, 4) is 5.75 Å². The fourth-order valence-corrected chi connectivity index (χ4v) is 4.56. The fraction of sp³-hybridized carbons (Fsp3) is 0.647. The Kier molecular flexibility index (Phi) is 5.86. The summed E-state index contributed by atoms with van der Waals surface area (Å²) in [5.41, 5.74) is 2.71. The molecule has 2 saturated heterocycles. The molecule has 1 atom stereocenters. The normalized spacial score (nSPS) is 25.0. The molecule has 0 aromatic heterocycles. The van der Waals surface area contributed by atoms with Crippen molar-refractivity contribution in [1.29, 1.82) is 0 Å². The van der Waals surface area contributed by atoms with Crippen LogP contribution in [-0.4, -0.2) is 61.7 Å². The third-order valence-electron chi connectivity index (χ3n) is 5.13. The van der Waals surface area contributed by atoms with Crippen molar-refractivity contribution >= 4 is 28.3 Å². The van der Waals surface area contributed by atoms with E-state index in [9.17, 15) is 0 Å². The average Bonchev–Trinajstić information content (AvgIpc) is 3.17. The second-order valence-corrected chi connectivity index (χ2v) is 7.53. The molecule has 0 aliphatic carbocycles. The van der Waals surface area contributed by atoms with Crippen molar-refractivity contribution in [2.75, 3.05) is 45.9 Å². The molecule has 4 nitrogen and oxygen atoms in total. The Morgan fingerprint density at radius 1 is 1.22 bits per heavy atom. The molecule has 3 heterocycles. The van der Waals surface area contributed by atoms with Gasteiger partial charge in [0.15, 0.2) is 0 Å². The number of halogens is 2. The monoisotopic (exact) mass is 401 g/mol. The lowest BCUT2D eigenvalue weighted by Crippen LogP contribution is -2.49. The molecule has 3 aliphatic rings. The zero-order chi connectivity index (χ0) is 14.9. The minimum absolute atomic E-state index is 0. The summed E-state index contributed by atoms with van der Waals surface area (Å²) in [6.45, 7) is 8.94. The molecule has 1 aromatic rings. The van der Waals surface area contributed by atoms with Gasteiger partial charge in [-0.1, -0.05) is 15.9 Å². The van der Waals surface area contributed by atoms with Gasteiger partial charge in [0.2, 0.25) is 0 Å². The molecule has 1 unspecified atom stereocenters. The Morgan fingerprint density at radius 2 is 2.04 bits per heavy atom. The fourth-order valence-electron chi connectivity index (χ4n) is 4.01. The van der Waals surface area contributed by atoms with Crippen LogP contribution in [0.1, 0.15) is 17.5 Å². The predicted molar refractivity (Wildman–Crippen MR) is 98.7 cm³/mol. The second kappa shape index (κ2) is 7.70. The maximum Gasteiger partial charge on any atom is 0.127 e. The number of hydrogen-bond donors (Lipinski definition) is 1. The van der Waals surface area contributed by atoms with E-state index in [2.05, 4.69) is 43.2 Å². The highest BCUT2D eigenvalue weighted by Crippen LogP contribution is 2.34. The number of nitrogens with one attached hydrogen (secondary N) is 1. The van der Waals surface area contributed by atoms with Crippen molar-refractivity contribution in [1.82, 2.24) is 15.1 Å². The average molecular weight is 403 g/mol. The first-order valence-electron chi connectivity index (χ1n) is 8.41. The standard InChI is InChI=1S/C17H24BrN3O.ClH/c18-15-9-13-2-8-22-17(13)14(10-15)11-20-5-1-16(12-20)21-6-3-19-4-7-21;/h9-10,16,19H,1-8,11-12H2;1H. The molecular weight excluding hydrogens is 378 g/mol. The van der Waals surface area contributed by atoms with Crippen LogP contribution in [0, 0.1) is 0 Å². The van der Waals surface area contributed by atoms with Crippen LogP contribution in [0.2, 0.25) is 0 Å². The molecule has 4 rings (SSSR count). The van der Waals surface area contributed by atoms with Gasteiger partial charge in [-0.2, -0.15) is 0 Å². The van der Waals surface area contributed by atoms with Crippen LogP contribution < -0.4 is 10.1 Å². The van der Waals surface area contributed by atoms with Crippen molar-refractivity contribution in [2.45, 2.75) is 25.4 Å². The first kappa shape index (κ1) is 17.5. The molecule has 128 valence electrons. The van der Waals surface area contributed by atoms with Crippen LogP contribution in [0.3, 0.4) is 0 Å². The molecular formula is C17H25BrClN3O. The van der Waals surface area contributed by atoms with Crippen LogP contribution in [-0.2, 0) is 13.0 Å². The minimum Gasteiger partial charge on any atom is -0.493 e. The largest absolute Gasteiger partial charge is 0.493 e. The summed E-state index contributed by atoms with van der Waals surface area (Å²) in [7, 11) is 0. The van der Waals surface area contributed by atoms with Crippen LogP contribution in [0.25, 0.3) is 0 Å². The Balaban J connectivity index is 0.00000156. The number of fused-ring (bicyclic) bond motifs is 1. The molecule has 0 bridgehead atoms. The van der Waals surface area contributed by atoms with E-state index >= 15 is 0 Å². The van der Waals surface area contributed by atoms with Crippen molar-refractivity contribution in [3.05, 3.63) is 27.7 Å². The minimum atomic E-state index is 0. The van der Waals surface area contributed by atoms with Gasteiger partial charge in [0.25, 0.3) is 0 Å². The Hall–Kier alpha value is -0.330. The van der Waals surface area contributed by atoms with Gasteiger partial charge >= 0.3 is 0 Å². The number of ether oxygens (including phenoxy) is 1. The third-order valence-corrected chi connectivity index (χ3v) is 5.59. The highest BCUT2D eigenvalue weighted by atomic mass is 79.9. The molecule has 23 heavy (non-hydrogen) atoms. The van der Waals surface area contributed by atoms with E-state index in [1.807, 2.05) is 0 Å². The number of nitrogens with zero attached hydrogens (tertiary/aromatic N) is 2. The summed E-state index contributed by atoms with van der Waals surface area (Å²) in [6.07, 6.45) is 2.35. The molecule has 6 heteroatoms. The number of rotatable bonds is 3. The van der Waals surface area contributed by atoms with E-state index in [0.717, 1.165) is 44.5 Å². The lowest BCUT2D eigenvalue weighted by atomic mass is 10.1. The van der Waals surface area contributed by atoms with Gasteiger partial charge in [-0.05, 0) is 24.1 Å². The van der Waals surface area contributed by atoms with Gasteiger partial charge < -0.3 is 10.1 Å². The Bertz CT molecular complexity index is 551.